The molecule has 2 aromatic carbocycles. The summed E-state index contributed by atoms with van der Waals surface area (Å²) in [5, 5.41) is 4.62. The molecule has 140 valence electrons. The minimum atomic E-state index is -3.71. The lowest BCUT2D eigenvalue weighted by molar-refractivity contribution is 0.102. The first kappa shape index (κ1) is 19.1. The third-order valence-corrected chi connectivity index (χ3v) is 6.05. The highest BCUT2D eigenvalue weighted by molar-refractivity contribution is 7.89. The van der Waals surface area contributed by atoms with Crippen molar-refractivity contribution in [2.24, 2.45) is 0 Å². The van der Waals surface area contributed by atoms with Crippen LogP contribution in [0.25, 0.3) is 0 Å². The van der Waals surface area contributed by atoms with Gasteiger partial charge in [0.2, 0.25) is 10.0 Å². The Hall–Kier alpha value is -2.68. The molecule has 3 aromatic rings. The highest BCUT2D eigenvalue weighted by Gasteiger charge is 2.16. The Morgan fingerprint density at radius 1 is 1.07 bits per heavy atom. The zero-order valence-corrected chi connectivity index (χ0v) is 16.1. The molecule has 0 saturated heterocycles. The molecule has 1 aromatic heterocycles. The van der Waals surface area contributed by atoms with Crippen LogP contribution in [-0.2, 0) is 16.6 Å². The summed E-state index contributed by atoms with van der Waals surface area (Å²) in [7, 11) is -2.15. The van der Waals surface area contributed by atoms with E-state index in [4.69, 9.17) is 4.74 Å². The molecule has 0 unspecified atom stereocenters. The number of nitrogens with one attached hydrogen (secondary N) is 2. The van der Waals surface area contributed by atoms with Gasteiger partial charge in [0, 0.05) is 22.7 Å². The number of carbonyl (C=O) groups is 1. The number of ether oxygens (including phenoxy) is 1. The Morgan fingerprint density at radius 2 is 1.85 bits per heavy atom. The Balaban J connectivity index is 1.72. The van der Waals surface area contributed by atoms with Gasteiger partial charge in [0.05, 0.1) is 12.0 Å². The number of anilines is 1. The number of carbonyl (C=O) groups excluding carboxylic acids is 1. The maximum Gasteiger partial charge on any atom is 0.255 e. The number of hydrogen-bond acceptors (Lipinski definition) is 5. The molecule has 1 heterocycles. The third kappa shape index (κ3) is 4.94. The molecule has 1 amide bonds. The molecule has 0 saturated carbocycles. The van der Waals surface area contributed by atoms with Gasteiger partial charge in [-0.1, -0.05) is 12.1 Å². The zero-order chi connectivity index (χ0) is 19.3. The predicted molar refractivity (Wildman–Crippen MR) is 106 cm³/mol. The Kier molecular flexibility index (Phi) is 5.90. The normalized spacial score (nSPS) is 11.1. The third-order valence-electron chi connectivity index (χ3n) is 3.77. The molecule has 0 radical (unpaired) electrons. The van der Waals surface area contributed by atoms with Crippen molar-refractivity contribution < 1.29 is 17.9 Å². The van der Waals surface area contributed by atoms with E-state index in [0.29, 0.717) is 11.4 Å². The summed E-state index contributed by atoms with van der Waals surface area (Å²) in [5.41, 5.74) is 0.842. The first-order valence-corrected chi connectivity index (χ1v) is 10.4. The molecule has 27 heavy (non-hydrogen) atoms. The van der Waals surface area contributed by atoms with E-state index >= 15 is 0 Å². The standard InChI is InChI=1S/C19H18N2O4S2/c1-25-16-9-7-15(8-10-16)21-19(22)14-4-2-6-18(12-14)27(23,24)20-13-17-5-3-11-26-17/h2-12,20H,13H2,1H3,(H,21,22). The molecule has 0 aliphatic carbocycles. The second-order valence-electron chi connectivity index (χ2n) is 5.61. The first-order valence-electron chi connectivity index (χ1n) is 8.05. The molecule has 2 N–H and O–H groups in total. The number of sulfonamides is 1. The largest absolute Gasteiger partial charge is 0.497 e. The van der Waals surface area contributed by atoms with Gasteiger partial charge in [0.15, 0.2) is 0 Å². The summed E-state index contributed by atoms with van der Waals surface area (Å²) in [6.45, 7) is 0.211. The molecule has 8 heteroatoms. The van der Waals surface area contributed by atoms with Gasteiger partial charge in [0.1, 0.15) is 5.75 Å². The number of rotatable bonds is 7. The molecule has 0 fully saturated rings. The lowest BCUT2D eigenvalue weighted by atomic mass is 10.2. The minimum Gasteiger partial charge on any atom is -0.497 e. The molecule has 0 bridgehead atoms. The number of methoxy groups -OCH3 is 1. The monoisotopic (exact) mass is 402 g/mol. The van der Waals surface area contributed by atoms with E-state index < -0.39 is 15.9 Å². The fourth-order valence-electron chi connectivity index (χ4n) is 2.34. The van der Waals surface area contributed by atoms with Crippen molar-refractivity contribution in [3.63, 3.8) is 0 Å². The molecule has 0 aliphatic heterocycles. The van der Waals surface area contributed by atoms with E-state index in [-0.39, 0.29) is 17.0 Å². The van der Waals surface area contributed by atoms with Gasteiger partial charge >= 0.3 is 0 Å². The fourth-order valence-corrected chi connectivity index (χ4v) is 4.13. The average Bonchev–Trinajstić information content (AvgIpc) is 3.21. The van der Waals surface area contributed by atoms with E-state index in [2.05, 4.69) is 10.0 Å². The minimum absolute atomic E-state index is 0.0430. The summed E-state index contributed by atoms with van der Waals surface area (Å²) in [6.07, 6.45) is 0. The van der Waals surface area contributed by atoms with Gasteiger partial charge in [-0.2, -0.15) is 0 Å². The van der Waals surface area contributed by atoms with Crippen LogP contribution in [0.3, 0.4) is 0 Å². The Labute approximate surface area is 161 Å². The van der Waals surface area contributed by atoms with Crippen molar-refractivity contribution >= 4 is 33.0 Å². The van der Waals surface area contributed by atoms with E-state index in [1.165, 1.54) is 23.5 Å². The van der Waals surface area contributed by atoms with Gasteiger partial charge in [-0.15, -0.1) is 11.3 Å². The molecule has 0 aliphatic rings. The lowest BCUT2D eigenvalue weighted by Gasteiger charge is -2.09. The highest BCUT2D eigenvalue weighted by Crippen LogP contribution is 2.18. The van der Waals surface area contributed by atoms with E-state index in [1.54, 1.807) is 43.5 Å². The lowest BCUT2D eigenvalue weighted by Crippen LogP contribution is -2.23. The van der Waals surface area contributed by atoms with Crippen LogP contribution in [0.5, 0.6) is 5.75 Å². The maximum atomic E-state index is 12.5. The topological polar surface area (TPSA) is 84.5 Å². The SMILES string of the molecule is COc1ccc(NC(=O)c2cccc(S(=O)(=O)NCc3cccs3)c2)cc1. The van der Waals surface area contributed by atoms with E-state index in [0.717, 1.165) is 4.88 Å². The van der Waals surface area contributed by atoms with E-state index in [1.807, 2.05) is 17.5 Å². The Bertz CT molecular complexity index is 1010. The summed E-state index contributed by atoms with van der Waals surface area (Å²) in [6, 6.07) is 16.5. The molecular weight excluding hydrogens is 384 g/mol. The van der Waals surface area contributed by atoms with Crippen LogP contribution in [-0.4, -0.2) is 21.4 Å². The highest BCUT2D eigenvalue weighted by atomic mass is 32.2. The number of benzene rings is 2. The van der Waals surface area contributed by atoms with Gasteiger partial charge in [-0.25, -0.2) is 13.1 Å². The number of hydrogen-bond donors (Lipinski definition) is 2. The van der Waals surface area contributed by atoms with Crippen molar-refractivity contribution in [1.82, 2.24) is 4.72 Å². The molecule has 6 nitrogen and oxygen atoms in total. The molecule has 0 atom stereocenters. The quantitative estimate of drug-likeness (QED) is 0.634. The summed E-state index contributed by atoms with van der Waals surface area (Å²) < 4.78 is 32.6. The Morgan fingerprint density at radius 3 is 2.52 bits per heavy atom. The fraction of sp³-hybridized carbons (Fsp3) is 0.105. The van der Waals surface area contributed by atoms with Crippen molar-refractivity contribution in [3.05, 3.63) is 76.5 Å². The van der Waals surface area contributed by atoms with Gasteiger partial charge in [-0.05, 0) is 53.9 Å². The van der Waals surface area contributed by atoms with E-state index in [9.17, 15) is 13.2 Å². The smallest absolute Gasteiger partial charge is 0.255 e. The maximum absolute atomic E-state index is 12.5. The predicted octanol–water partition coefficient (Wildman–Crippen LogP) is 3.49. The first-order chi connectivity index (χ1) is 13.0. The molecule has 3 rings (SSSR count). The van der Waals surface area contributed by atoms with Crippen LogP contribution in [0.1, 0.15) is 15.2 Å². The molecule has 0 spiro atoms. The van der Waals surface area contributed by atoms with Crippen molar-refractivity contribution in [1.29, 1.82) is 0 Å². The zero-order valence-electron chi connectivity index (χ0n) is 14.5. The summed E-state index contributed by atoms with van der Waals surface area (Å²) in [4.78, 5) is 13.4. The van der Waals surface area contributed by atoms with Crippen molar-refractivity contribution in [2.45, 2.75) is 11.4 Å². The van der Waals surface area contributed by atoms with Crippen LogP contribution < -0.4 is 14.8 Å². The molecular formula is C19H18N2O4S2. The second kappa shape index (κ2) is 8.34. The van der Waals surface area contributed by atoms with Crippen molar-refractivity contribution in [2.75, 3.05) is 12.4 Å². The van der Waals surface area contributed by atoms with Gasteiger partial charge in [0.25, 0.3) is 5.91 Å². The van der Waals surface area contributed by atoms with Crippen LogP contribution >= 0.6 is 11.3 Å². The van der Waals surface area contributed by atoms with Crippen LogP contribution in [0, 0.1) is 0 Å². The van der Waals surface area contributed by atoms with Crippen molar-refractivity contribution in [3.8, 4) is 5.75 Å². The summed E-state index contributed by atoms with van der Waals surface area (Å²) in [5.74, 6) is 0.286. The van der Waals surface area contributed by atoms with Crippen LogP contribution in [0.4, 0.5) is 5.69 Å². The number of amides is 1. The van der Waals surface area contributed by atoms with Crippen LogP contribution in [0.15, 0.2) is 70.9 Å². The van der Waals surface area contributed by atoms with Gasteiger partial charge in [-0.3, -0.25) is 4.79 Å². The number of thiophene rings is 1. The van der Waals surface area contributed by atoms with Crippen LogP contribution in [0.2, 0.25) is 0 Å². The summed E-state index contributed by atoms with van der Waals surface area (Å²) >= 11 is 1.47. The van der Waals surface area contributed by atoms with Gasteiger partial charge < -0.3 is 10.1 Å². The average molecular weight is 402 g/mol. The second-order valence-corrected chi connectivity index (χ2v) is 8.41.